The van der Waals surface area contributed by atoms with Gasteiger partial charge in [-0.05, 0) is 48.2 Å². The second-order valence-electron chi connectivity index (χ2n) is 6.14. The smallest absolute Gasteiger partial charge is 0.186 e. The van der Waals surface area contributed by atoms with Gasteiger partial charge in [-0.25, -0.2) is 18.7 Å². The Labute approximate surface area is 157 Å². The maximum Gasteiger partial charge on any atom is 0.186 e. The van der Waals surface area contributed by atoms with E-state index in [1.54, 1.807) is 19.2 Å². The van der Waals surface area contributed by atoms with Crippen molar-refractivity contribution in [1.82, 2.24) is 9.97 Å². The zero-order chi connectivity index (χ0) is 19.2. The third-order valence-electron chi connectivity index (χ3n) is 4.38. The van der Waals surface area contributed by atoms with Crippen molar-refractivity contribution >= 4 is 5.82 Å². The molecule has 1 aromatic heterocycles. The van der Waals surface area contributed by atoms with Crippen LogP contribution in [0.15, 0.2) is 54.9 Å². The summed E-state index contributed by atoms with van der Waals surface area (Å²) in [7, 11) is 1.60. The van der Waals surface area contributed by atoms with Crippen LogP contribution >= 0.6 is 0 Å². The van der Waals surface area contributed by atoms with Crippen molar-refractivity contribution < 1.29 is 13.5 Å². The van der Waals surface area contributed by atoms with Crippen LogP contribution in [0.1, 0.15) is 29.8 Å². The summed E-state index contributed by atoms with van der Waals surface area (Å²) in [5, 5.41) is 3.18. The lowest BCUT2D eigenvalue weighted by atomic mass is 9.98. The van der Waals surface area contributed by atoms with Gasteiger partial charge in [-0.2, -0.15) is 0 Å². The molecule has 1 atom stereocenters. The van der Waals surface area contributed by atoms with Crippen LogP contribution in [0.25, 0.3) is 0 Å². The van der Waals surface area contributed by atoms with Gasteiger partial charge in [0.15, 0.2) is 11.6 Å². The first-order valence-corrected chi connectivity index (χ1v) is 8.75. The van der Waals surface area contributed by atoms with E-state index in [2.05, 4.69) is 15.3 Å². The average Bonchev–Trinajstić information content (AvgIpc) is 2.70. The van der Waals surface area contributed by atoms with Crippen LogP contribution in [0.5, 0.6) is 5.75 Å². The largest absolute Gasteiger partial charge is 0.497 e. The molecule has 0 amide bonds. The zero-order valence-electron chi connectivity index (χ0n) is 15.2. The molecule has 0 aliphatic rings. The van der Waals surface area contributed by atoms with Crippen molar-refractivity contribution in [3.8, 4) is 5.75 Å². The molecule has 0 aliphatic carbocycles. The first kappa shape index (κ1) is 18.8. The predicted octanol–water partition coefficient (Wildman–Crippen LogP) is 4.72. The summed E-state index contributed by atoms with van der Waals surface area (Å²) in [6, 6.07) is 13.6. The maximum atomic E-state index is 14.6. The number of hydrogen-bond acceptors (Lipinski definition) is 4. The summed E-state index contributed by atoms with van der Waals surface area (Å²) in [4.78, 5) is 8.03. The van der Waals surface area contributed by atoms with Gasteiger partial charge in [0.05, 0.1) is 18.8 Å². The zero-order valence-corrected chi connectivity index (χ0v) is 15.2. The molecule has 0 aliphatic heterocycles. The normalized spacial score (nSPS) is 11.9. The Bertz CT molecular complexity index is 883. The summed E-state index contributed by atoms with van der Waals surface area (Å²) in [5.41, 5.74) is 2.23. The Kier molecular flexibility index (Phi) is 5.96. The number of hydrogen-bond donors (Lipinski definition) is 1. The number of ether oxygens (including phenoxy) is 1. The van der Waals surface area contributed by atoms with E-state index >= 15 is 0 Å². The maximum absolute atomic E-state index is 14.6. The number of methoxy groups -OCH3 is 1. The molecule has 27 heavy (non-hydrogen) atoms. The van der Waals surface area contributed by atoms with Crippen molar-refractivity contribution in [2.75, 3.05) is 12.4 Å². The topological polar surface area (TPSA) is 47.0 Å². The van der Waals surface area contributed by atoms with E-state index in [0.717, 1.165) is 16.9 Å². The van der Waals surface area contributed by atoms with E-state index in [1.165, 1.54) is 18.5 Å². The minimum Gasteiger partial charge on any atom is -0.497 e. The molecule has 1 heterocycles. The summed E-state index contributed by atoms with van der Waals surface area (Å²) in [6.45, 7) is 1.84. The van der Waals surface area contributed by atoms with Gasteiger partial charge in [0.1, 0.15) is 17.9 Å². The van der Waals surface area contributed by atoms with Gasteiger partial charge in [-0.1, -0.05) is 31.2 Å². The molecule has 4 nitrogen and oxygen atoms in total. The van der Waals surface area contributed by atoms with Crippen LogP contribution in [0.3, 0.4) is 0 Å². The fourth-order valence-corrected chi connectivity index (χ4v) is 2.86. The molecule has 1 unspecified atom stereocenters. The molecule has 0 fully saturated rings. The van der Waals surface area contributed by atoms with E-state index in [4.69, 9.17) is 4.74 Å². The summed E-state index contributed by atoms with van der Waals surface area (Å²) >= 11 is 0. The second-order valence-corrected chi connectivity index (χ2v) is 6.14. The van der Waals surface area contributed by atoms with Crippen molar-refractivity contribution in [2.45, 2.75) is 25.8 Å². The summed E-state index contributed by atoms with van der Waals surface area (Å²) in [6.07, 6.45) is 2.37. The number of rotatable bonds is 7. The molecule has 3 rings (SSSR count). The fraction of sp³-hybridized carbons (Fsp3) is 0.238. The Balaban J connectivity index is 1.92. The molecule has 140 valence electrons. The highest BCUT2D eigenvalue weighted by atomic mass is 19.1. The van der Waals surface area contributed by atoms with Crippen LogP contribution in [-0.2, 0) is 12.8 Å². The second kappa shape index (κ2) is 8.58. The molecule has 0 radical (unpaired) electrons. The SMILES string of the molecule is CCc1ncnc(NC(Cc2ccc(F)cc2)c2ccc(OC)cc2)c1F. The predicted molar refractivity (Wildman–Crippen MR) is 101 cm³/mol. The number of benzene rings is 2. The standard InChI is InChI=1S/C21H21F2N3O/c1-3-18-20(23)21(25-13-24-18)26-19(12-14-4-8-16(22)9-5-14)15-6-10-17(27-2)11-7-15/h4-11,13,19H,3,12H2,1-2H3,(H,24,25,26). The summed E-state index contributed by atoms with van der Waals surface area (Å²) < 4.78 is 33.0. The van der Waals surface area contributed by atoms with E-state index in [1.807, 2.05) is 31.2 Å². The number of nitrogens with zero attached hydrogens (tertiary/aromatic N) is 2. The Morgan fingerprint density at radius 3 is 2.33 bits per heavy atom. The van der Waals surface area contributed by atoms with Gasteiger partial charge in [0, 0.05) is 0 Å². The lowest BCUT2D eigenvalue weighted by Gasteiger charge is -2.21. The minimum atomic E-state index is -0.447. The highest BCUT2D eigenvalue weighted by Gasteiger charge is 2.17. The van der Waals surface area contributed by atoms with Gasteiger partial charge in [0.2, 0.25) is 0 Å². The van der Waals surface area contributed by atoms with E-state index in [-0.39, 0.29) is 17.7 Å². The van der Waals surface area contributed by atoms with Gasteiger partial charge >= 0.3 is 0 Å². The molecular weight excluding hydrogens is 348 g/mol. The highest BCUT2D eigenvalue weighted by molar-refractivity contribution is 5.42. The molecule has 0 saturated carbocycles. The summed E-state index contributed by atoms with van der Waals surface area (Å²) in [5.74, 6) is 0.158. The molecule has 0 spiro atoms. The van der Waals surface area contributed by atoms with Crippen molar-refractivity contribution in [2.24, 2.45) is 0 Å². The lowest BCUT2D eigenvalue weighted by Crippen LogP contribution is -2.16. The average molecular weight is 369 g/mol. The van der Waals surface area contributed by atoms with Crippen LogP contribution in [0.4, 0.5) is 14.6 Å². The molecule has 0 bridgehead atoms. The number of halogens is 2. The van der Waals surface area contributed by atoms with Crippen molar-refractivity contribution in [3.63, 3.8) is 0 Å². The number of anilines is 1. The van der Waals surface area contributed by atoms with Crippen molar-refractivity contribution in [3.05, 3.63) is 83.3 Å². The molecule has 6 heteroatoms. The Hall–Kier alpha value is -3.02. The Morgan fingerprint density at radius 1 is 1.00 bits per heavy atom. The van der Waals surface area contributed by atoms with E-state index in [0.29, 0.717) is 18.5 Å². The quantitative estimate of drug-likeness (QED) is 0.655. The third-order valence-corrected chi connectivity index (χ3v) is 4.38. The lowest BCUT2D eigenvalue weighted by molar-refractivity contribution is 0.414. The minimum absolute atomic E-state index is 0.157. The van der Waals surface area contributed by atoms with Gasteiger partial charge in [-0.15, -0.1) is 0 Å². The van der Waals surface area contributed by atoms with Crippen LogP contribution in [-0.4, -0.2) is 17.1 Å². The number of aromatic nitrogens is 2. The highest BCUT2D eigenvalue weighted by Crippen LogP contribution is 2.26. The van der Waals surface area contributed by atoms with Gasteiger partial charge in [-0.3, -0.25) is 0 Å². The molecule has 0 saturated heterocycles. The molecular formula is C21H21F2N3O. The third kappa shape index (κ3) is 4.58. The van der Waals surface area contributed by atoms with Crippen LogP contribution in [0.2, 0.25) is 0 Å². The fourth-order valence-electron chi connectivity index (χ4n) is 2.86. The van der Waals surface area contributed by atoms with Gasteiger partial charge < -0.3 is 10.1 Å². The van der Waals surface area contributed by atoms with E-state index < -0.39 is 5.82 Å². The first-order chi connectivity index (χ1) is 13.1. The molecule has 3 aromatic rings. The Morgan fingerprint density at radius 2 is 1.70 bits per heavy atom. The van der Waals surface area contributed by atoms with Crippen molar-refractivity contribution in [1.29, 1.82) is 0 Å². The molecule has 2 aromatic carbocycles. The first-order valence-electron chi connectivity index (χ1n) is 8.75. The van der Waals surface area contributed by atoms with Gasteiger partial charge in [0.25, 0.3) is 0 Å². The number of nitrogens with one attached hydrogen (secondary N) is 1. The van der Waals surface area contributed by atoms with E-state index in [9.17, 15) is 8.78 Å². The monoisotopic (exact) mass is 369 g/mol. The number of aryl methyl sites for hydroxylation is 1. The molecule has 1 N–H and O–H groups in total. The van der Waals surface area contributed by atoms with Crippen LogP contribution < -0.4 is 10.1 Å². The van der Waals surface area contributed by atoms with Crippen LogP contribution in [0, 0.1) is 11.6 Å².